The van der Waals surface area contributed by atoms with Crippen LogP contribution in [0.4, 0.5) is 17.2 Å². The van der Waals surface area contributed by atoms with E-state index in [1.807, 2.05) is 83.9 Å². The molecule has 39 heavy (non-hydrogen) atoms. The van der Waals surface area contributed by atoms with Gasteiger partial charge >= 0.3 is 0 Å². The SMILES string of the molecule is C[C@@H](NC(=O)c1cnc(N2CCOc3ccccc32)c(NC(=O)c2csc3ccccc23)c1)c1ccccn1. The van der Waals surface area contributed by atoms with Crippen molar-refractivity contribution in [1.29, 1.82) is 0 Å². The van der Waals surface area contributed by atoms with Gasteiger partial charge in [-0.05, 0) is 43.3 Å². The molecule has 5 aromatic rings. The van der Waals surface area contributed by atoms with Crippen molar-refractivity contribution in [2.45, 2.75) is 13.0 Å². The fraction of sp³-hybridized carbons (Fsp3) is 0.133. The molecule has 2 amide bonds. The van der Waals surface area contributed by atoms with E-state index >= 15 is 0 Å². The minimum Gasteiger partial charge on any atom is -0.490 e. The predicted molar refractivity (Wildman–Crippen MR) is 153 cm³/mol. The third kappa shape index (κ3) is 4.92. The average molecular weight is 536 g/mol. The highest BCUT2D eigenvalue weighted by atomic mass is 32.1. The number of thiophene rings is 1. The topological polar surface area (TPSA) is 96.5 Å². The van der Waals surface area contributed by atoms with Gasteiger partial charge in [0.05, 0.1) is 40.8 Å². The Morgan fingerprint density at radius 3 is 2.69 bits per heavy atom. The highest BCUT2D eigenvalue weighted by molar-refractivity contribution is 7.17. The maximum Gasteiger partial charge on any atom is 0.257 e. The summed E-state index contributed by atoms with van der Waals surface area (Å²) in [6.07, 6.45) is 3.22. The number of hydrogen-bond donors (Lipinski definition) is 2. The molecule has 194 valence electrons. The van der Waals surface area contributed by atoms with Crippen molar-refractivity contribution in [3.63, 3.8) is 0 Å². The average Bonchev–Trinajstić information content (AvgIpc) is 3.42. The number of nitrogens with one attached hydrogen (secondary N) is 2. The smallest absolute Gasteiger partial charge is 0.257 e. The van der Waals surface area contributed by atoms with Crippen molar-refractivity contribution in [2.75, 3.05) is 23.4 Å². The molecule has 1 aliphatic rings. The summed E-state index contributed by atoms with van der Waals surface area (Å²) in [5, 5.41) is 8.75. The van der Waals surface area contributed by atoms with E-state index < -0.39 is 0 Å². The van der Waals surface area contributed by atoms with Crippen LogP contribution in [0.25, 0.3) is 10.1 Å². The first-order valence-corrected chi connectivity index (χ1v) is 13.5. The molecule has 0 radical (unpaired) electrons. The van der Waals surface area contributed by atoms with Gasteiger partial charge in [-0.1, -0.05) is 36.4 Å². The number of pyridine rings is 2. The molecule has 1 atom stereocenters. The number of carbonyl (C=O) groups excluding carboxylic acids is 2. The number of carbonyl (C=O) groups is 2. The van der Waals surface area contributed by atoms with Gasteiger partial charge < -0.3 is 20.3 Å². The summed E-state index contributed by atoms with van der Waals surface area (Å²) in [7, 11) is 0. The summed E-state index contributed by atoms with van der Waals surface area (Å²) in [6, 6.07) is 22.4. The van der Waals surface area contributed by atoms with Crippen molar-refractivity contribution in [1.82, 2.24) is 15.3 Å². The number of hydrogen-bond acceptors (Lipinski definition) is 7. The Hall–Kier alpha value is -4.76. The van der Waals surface area contributed by atoms with E-state index in [4.69, 9.17) is 4.74 Å². The molecule has 0 unspecified atom stereocenters. The number of para-hydroxylation sites is 2. The zero-order valence-electron chi connectivity index (χ0n) is 21.1. The van der Waals surface area contributed by atoms with Gasteiger partial charge in [-0.15, -0.1) is 11.3 Å². The maximum atomic E-state index is 13.5. The number of anilines is 3. The third-order valence-electron chi connectivity index (χ3n) is 6.57. The molecule has 2 aromatic carbocycles. The Balaban J connectivity index is 1.36. The number of amides is 2. The van der Waals surface area contributed by atoms with Crippen LogP contribution in [-0.2, 0) is 0 Å². The lowest BCUT2D eigenvalue weighted by molar-refractivity contribution is 0.0937. The van der Waals surface area contributed by atoms with Crippen molar-refractivity contribution in [3.8, 4) is 5.75 Å². The summed E-state index contributed by atoms with van der Waals surface area (Å²) in [5.74, 6) is 0.688. The highest BCUT2D eigenvalue weighted by Gasteiger charge is 2.25. The van der Waals surface area contributed by atoms with Crippen molar-refractivity contribution in [2.24, 2.45) is 0 Å². The van der Waals surface area contributed by atoms with Gasteiger partial charge in [0.15, 0.2) is 5.82 Å². The largest absolute Gasteiger partial charge is 0.490 e. The zero-order chi connectivity index (χ0) is 26.8. The molecule has 0 aliphatic carbocycles. The highest BCUT2D eigenvalue weighted by Crippen LogP contribution is 2.39. The van der Waals surface area contributed by atoms with Gasteiger partial charge in [0, 0.05) is 27.9 Å². The molecule has 1 aliphatic heterocycles. The molecule has 0 bridgehead atoms. The van der Waals surface area contributed by atoms with E-state index in [-0.39, 0.29) is 17.9 Å². The van der Waals surface area contributed by atoms with Gasteiger partial charge in [0.2, 0.25) is 0 Å². The van der Waals surface area contributed by atoms with Crippen molar-refractivity contribution < 1.29 is 14.3 Å². The molecule has 0 saturated carbocycles. The van der Waals surface area contributed by atoms with E-state index in [1.165, 1.54) is 17.5 Å². The van der Waals surface area contributed by atoms with E-state index in [0.717, 1.165) is 27.2 Å². The molecule has 0 spiro atoms. The van der Waals surface area contributed by atoms with Crippen molar-refractivity contribution in [3.05, 3.63) is 107 Å². The summed E-state index contributed by atoms with van der Waals surface area (Å²) in [6.45, 7) is 2.87. The first kappa shape index (κ1) is 24.6. The van der Waals surface area contributed by atoms with Crippen LogP contribution in [0.1, 0.15) is 39.4 Å². The number of aromatic nitrogens is 2. The number of fused-ring (bicyclic) bond motifs is 2. The van der Waals surface area contributed by atoms with Crippen LogP contribution in [0, 0.1) is 0 Å². The molecule has 8 nitrogen and oxygen atoms in total. The first-order chi connectivity index (χ1) is 19.1. The van der Waals surface area contributed by atoms with Crippen LogP contribution < -0.4 is 20.3 Å². The summed E-state index contributed by atoms with van der Waals surface area (Å²) in [5.41, 5.74) is 2.92. The van der Waals surface area contributed by atoms with Gasteiger partial charge in [-0.3, -0.25) is 14.6 Å². The monoisotopic (exact) mass is 535 g/mol. The lowest BCUT2D eigenvalue weighted by atomic mass is 10.1. The first-order valence-electron chi connectivity index (χ1n) is 12.6. The maximum absolute atomic E-state index is 13.5. The molecule has 4 heterocycles. The fourth-order valence-electron chi connectivity index (χ4n) is 4.61. The van der Waals surface area contributed by atoms with E-state index in [1.54, 1.807) is 12.3 Å². The quantitative estimate of drug-likeness (QED) is 0.278. The summed E-state index contributed by atoms with van der Waals surface area (Å²) < 4.78 is 6.85. The number of benzene rings is 2. The molecular weight excluding hydrogens is 510 g/mol. The Bertz CT molecular complexity index is 1670. The zero-order valence-corrected chi connectivity index (χ0v) is 21.9. The number of ether oxygens (including phenoxy) is 1. The van der Waals surface area contributed by atoms with Crippen LogP contribution in [0.15, 0.2) is 90.6 Å². The van der Waals surface area contributed by atoms with Gasteiger partial charge in [-0.2, -0.15) is 0 Å². The second-order valence-electron chi connectivity index (χ2n) is 9.11. The molecule has 2 N–H and O–H groups in total. The minimum absolute atomic E-state index is 0.267. The Morgan fingerprint density at radius 1 is 1.00 bits per heavy atom. The molecule has 6 rings (SSSR count). The second-order valence-corrected chi connectivity index (χ2v) is 10.0. The second kappa shape index (κ2) is 10.5. The van der Waals surface area contributed by atoms with Crippen molar-refractivity contribution >= 4 is 50.4 Å². The fourth-order valence-corrected chi connectivity index (χ4v) is 5.55. The number of nitrogens with zero attached hydrogens (tertiary/aromatic N) is 3. The Morgan fingerprint density at radius 2 is 1.82 bits per heavy atom. The standard InChI is InChI=1S/C30H25N5O3S/c1-19(23-9-6-7-13-31-23)33-29(36)20-16-24(34-30(37)22-18-39-27-12-5-2-8-21(22)27)28(32-17-20)35-14-15-38-26-11-4-3-10-25(26)35/h2-13,16-19H,14-15H2,1H3,(H,33,36)(H,34,37)/t19-/m1/s1. The third-order valence-corrected chi connectivity index (χ3v) is 7.53. The summed E-state index contributed by atoms with van der Waals surface area (Å²) >= 11 is 1.52. The number of rotatable bonds is 6. The van der Waals surface area contributed by atoms with Gasteiger partial charge in [-0.25, -0.2) is 4.98 Å². The van der Waals surface area contributed by atoms with Gasteiger partial charge in [0.25, 0.3) is 11.8 Å². The molecule has 0 fully saturated rings. The summed E-state index contributed by atoms with van der Waals surface area (Å²) in [4.78, 5) is 37.8. The van der Waals surface area contributed by atoms with E-state index in [2.05, 4.69) is 20.6 Å². The van der Waals surface area contributed by atoms with Crippen LogP contribution in [0.3, 0.4) is 0 Å². The van der Waals surface area contributed by atoms with Crippen LogP contribution in [-0.4, -0.2) is 34.9 Å². The predicted octanol–water partition coefficient (Wildman–Crippen LogP) is 5.97. The molecular formula is C30H25N5O3S. The molecule has 3 aromatic heterocycles. The molecule has 9 heteroatoms. The van der Waals surface area contributed by atoms with Crippen LogP contribution in [0.5, 0.6) is 5.75 Å². The van der Waals surface area contributed by atoms with Crippen LogP contribution >= 0.6 is 11.3 Å². The molecule has 0 saturated heterocycles. The lowest BCUT2D eigenvalue weighted by Crippen LogP contribution is -2.31. The van der Waals surface area contributed by atoms with Crippen LogP contribution in [0.2, 0.25) is 0 Å². The van der Waals surface area contributed by atoms with E-state index in [0.29, 0.717) is 35.8 Å². The Kier molecular flexibility index (Phi) is 6.64. The normalized spacial score (nSPS) is 13.3. The minimum atomic E-state index is -0.314. The van der Waals surface area contributed by atoms with Gasteiger partial charge in [0.1, 0.15) is 12.4 Å². The van der Waals surface area contributed by atoms with E-state index in [9.17, 15) is 9.59 Å². The Labute approximate surface area is 229 Å². The lowest BCUT2D eigenvalue weighted by Gasteiger charge is -2.31.